The first-order valence-corrected chi connectivity index (χ1v) is 16.7. The molecular formula is C35H43NO7S. The molecule has 0 spiro atoms. The number of methoxy groups -OCH3 is 1. The second-order valence-electron chi connectivity index (χ2n) is 13.5. The van der Waals surface area contributed by atoms with Crippen LogP contribution in [0.2, 0.25) is 0 Å². The molecule has 0 radical (unpaired) electrons. The van der Waals surface area contributed by atoms with Crippen molar-refractivity contribution < 1.29 is 31.7 Å². The maximum Gasteiger partial charge on any atom is 0.339 e. The van der Waals surface area contributed by atoms with Gasteiger partial charge in [0, 0.05) is 61.6 Å². The van der Waals surface area contributed by atoms with Crippen LogP contribution < -0.4 is 8.92 Å². The molecule has 9 heteroatoms. The molecule has 1 heterocycles. The van der Waals surface area contributed by atoms with E-state index < -0.39 is 16.0 Å². The highest BCUT2D eigenvalue weighted by Gasteiger charge is 2.49. The molecule has 0 fully saturated rings. The highest BCUT2D eigenvalue weighted by molar-refractivity contribution is 7.87. The summed E-state index contributed by atoms with van der Waals surface area (Å²) in [6, 6.07) is 13.0. The molecule has 0 saturated heterocycles. The molecule has 0 bridgehead atoms. The minimum Gasteiger partial charge on any atom is -0.490 e. The molecule has 0 unspecified atom stereocenters. The molecule has 2 aromatic rings. The van der Waals surface area contributed by atoms with Gasteiger partial charge in [-0.05, 0) is 66.8 Å². The first-order valence-electron chi connectivity index (χ1n) is 15.3. The molecule has 0 aromatic heterocycles. The number of nitrogens with zero attached hydrogens (tertiary/aromatic N) is 1. The molecule has 0 saturated carbocycles. The third kappa shape index (κ3) is 6.35. The predicted octanol–water partition coefficient (Wildman–Crippen LogP) is 6.58. The van der Waals surface area contributed by atoms with Crippen LogP contribution in [0.1, 0.15) is 78.2 Å². The summed E-state index contributed by atoms with van der Waals surface area (Å²) in [5.74, 6) is -0.223. The van der Waals surface area contributed by atoms with Gasteiger partial charge in [0.15, 0.2) is 23.1 Å². The van der Waals surface area contributed by atoms with Gasteiger partial charge in [-0.1, -0.05) is 52.0 Å². The summed E-state index contributed by atoms with van der Waals surface area (Å²) < 4.78 is 43.0. The largest absolute Gasteiger partial charge is 0.490 e. The molecule has 236 valence electrons. The number of allylic oxidation sites excluding steroid dienone is 4. The summed E-state index contributed by atoms with van der Waals surface area (Å²) in [5.41, 5.74) is 3.50. The van der Waals surface area contributed by atoms with Crippen molar-refractivity contribution in [3.8, 4) is 11.5 Å². The van der Waals surface area contributed by atoms with E-state index in [2.05, 4.69) is 32.6 Å². The Hall–Kier alpha value is -3.43. The minimum absolute atomic E-state index is 0.0304. The Morgan fingerprint density at radius 3 is 1.98 bits per heavy atom. The number of benzene rings is 2. The highest BCUT2D eigenvalue weighted by atomic mass is 32.2. The Balaban J connectivity index is 1.67. The van der Waals surface area contributed by atoms with Gasteiger partial charge in [0.25, 0.3) is 0 Å². The predicted molar refractivity (Wildman–Crippen MR) is 168 cm³/mol. The molecule has 2 aliphatic carbocycles. The molecule has 44 heavy (non-hydrogen) atoms. The fourth-order valence-electron chi connectivity index (χ4n) is 6.81. The van der Waals surface area contributed by atoms with E-state index in [-0.39, 0.29) is 45.4 Å². The molecular weight excluding hydrogens is 578 g/mol. The van der Waals surface area contributed by atoms with E-state index in [4.69, 9.17) is 13.7 Å². The average molecular weight is 622 g/mol. The van der Waals surface area contributed by atoms with Crippen molar-refractivity contribution >= 4 is 21.7 Å². The second-order valence-corrected chi connectivity index (χ2v) is 15.1. The van der Waals surface area contributed by atoms with Crippen LogP contribution in [-0.4, -0.2) is 51.8 Å². The maximum absolute atomic E-state index is 14.1. The molecule has 5 rings (SSSR count). The number of ether oxygens (including phenoxy) is 2. The van der Waals surface area contributed by atoms with Crippen molar-refractivity contribution in [2.75, 3.05) is 26.9 Å². The van der Waals surface area contributed by atoms with Gasteiger partial charge in [-0.2, -0.15) is 8.42 Å². The zero-order valence-electron chi connectivity index (χ0n) is 26.6. The summed E-state index contributed by atoms with van der Waals surface area (Å²) in [7, 11) is -2.44. The van der Waals surface area contributed by atoms with Gasteiger partial charge >= 0.3 is 10.1 Å². The lowest BCUT2D eigenvalue weighted by Crippen LogP contribution is -2.44. The van der Waals surface area contributed by atoms with Gasteiger partial charge in [-0.15, -0.1) is 0 Å². The van der Waals surface area contributed by atoms with E-state index in [0.717, 1.165) is 17.8 Å². The second kappa shape index (κ2) is 12.2. The molecule has 0 amide bonds. The van der Waals surface area contributed by atoms with Gasteiger partial charge in [0.1, 0.15) is 4.90 Å². The van der Waals surface area contributed by atoms with Gasteiger partial charge in [-0.3, -0.25) is 9.59 Å². The lowest BCUT2D eigenvalue weighted by Gasteiger charge is -2.49. The number of hydrogen-bond acceptors (Lipinski definition) is 8. The van der Waals surface area contributed by atoms with Crippen molar-refractivity contribution in [2.45, 2.75) is 77.5 Å². The SMILES string of the molecule is CCOc1cc(C2C3=C(CC(C)(C)CC3=O)N(CCCOC)C3=C2C(=O)CC(C)(C)C3)ccc1OS(=O)(=O)c1ccccc1. The van der Waals surface area contributed by atoms with Crippen molar-refractivity contribution in [2.24, 2.45) is 10.8 Å². The van der Waals surface area contributed by atoms with E-state index in [1.54, 1.807) is 50.4 Å². The zero-order chi connectivity index (χ0) is 31.9. The van der Waals surface area contributed by atoms with Gasteiger partial charge in [0.2, 0.25) is 0 Å². The monoisotopic (exact) mass is 621 g/mol. The van der Waals surface area contributed by atoms with Crippen LogP contribution in [0.3, 0.4) is 0 Å². The zero-order valence-corrected chi connectivity index (χ0v) is 27.4. The quantitative estimate of drug-likeness (QED) is 0.217. The molecule has 0 atom stereocenters. The Kier molecular flexibility index (Phi) is 8.84. The standard InChI is InChI=1S/C35H43NO7S/c1-7-42-30-18-23(14-15-29(30)43-44(39,40)24-12-9-8-10-13-24)31-32-25(19-34(2,3)21-27(32)37)36(16-11-17-41-6)26-20-35(4,5)22-28(38)33(26)31/h8-10,12-15,18,31H,7,11,16-17,19-22H2,1-6H3. The fourth-order valence-corrected chi connectivity index (χ4v) is 7.77. The lowest BCUT2D eigenvalue weighted by molar-refractivity contribution is -0.119. The summed E-state index contributed by atoms with van der Waals surface area (Å²) in [6.07, 6.45) is 2.93. The lowest BCUT2D eigenvalue weighted by atomic mass is 9.63. The number of hydrogen-bond donors (Lipinski definition) is 0. The topological polar surface area (TPSA) is 99.2 Å². The number of carbonyl (C=O) groups excluding carboxylic acids is 2. The number of rotatable bonds is 10. The van der Waals surface area contributed by atoms with Crippen LogP contribution in [0.15, 0.2) is 76.0 Å². The average Bonchev–Trinajstić information content (AvgIpc) is 2.93. The Morgan fingerprint density at radius 2 is 1.43 bits per heavy atom. The van der Waals surface area contributed by atoms with Gasteiger partial charge in [-0.25, -0.2) is 0 Å². The van der Waals surface area contributed by atoms with E-state index >= 15 is 0 Å². The number of carbonyl (C=O) groups is 2. The Morgan fingerprint density at radius 1 is 0.841 bits per heavy atom. The van der Waals surface area contributed by atoms with Crippen LogP contribution in [0, 0.1) is 10.8 Å². The summed E-state index contributed by atoms with van der Waals surface area (Å²) >= 11 is 0. The summed E-state index contributed by atoms with van der Waals surface area (Å²) in [5, 5.41) is 0. The normalized spacial score (nSPS) is 20.0. The third-order valence-corrected chi connectivity index (χ3v) is 9.83. The van der Waals surface area contributed by atoms with Crippen molar-refractivity contribution in [1.29, 1.82) is 0 Å². The summed E-state index contributed by atoms with van der Waals surface area (Å²) in [6.45, 7) is 11.8. The Labute approximate surface area is 261 Å². The maximum atomic E-state index is 14.1. The van der Waals surface area contributed by atoms with E-state index in [1.807, 2.05) is 0 Å². The van der Waals surface area contributed by atoms with E-state index in [9.17, 15) is 18.0 Å². The molecule has 0 N–H and O–H groups in total. The van der Waals surface area contributed by atoms with Crippen molar-refractivity contribution in [3.63, 3.8) is 0 Å². The van der Waals surface area contributed by atoms with Crippen LogP contribution in [0.4, 0.5) is 0 Å². The van der Waals surface area contributed by atoms with Crippen LogP contribution in [-0.2, 0) is 24.4 Å². The van der Waals surface area contributed by atoms with Crippen LogP contribution in [0.5, 0.6) is 11.5 Å². The van der Waals surface area contributed by atoms with Crippen LogP contribution >= 0.6 is 0 Å². The van der Waals surface area contributed by atoms with E-state index in [0.29, 0.717) is 55.5 Å². The molecule has 1 aliphatic heterocycles. The minimum atomic E-state index is -4.12. The Bertz CT molecular complexity index is 1570. The third-order valence-electron chi connectivity index (χ3n) is 8.58. The van der Waals surface area contributed by atoms with Crippen molar-refractivity contribution in [1.82, 2.24) is 4.90 Å². The fraction of sp³-hybridized carbons (Fsp3) is 0.486. The molecule has 2 aromatic carbocycles. The number of Topliss-reactive ketones (excluding diaryl/α,β-unsaturated/α-hetero) is 2. The smallest absolute Gasteiger partial charge is 0.339 e. The highest BCUT2D eigenvalue weighted by Crippen LogP contribution is 2.55. The number of ketones is 2. The first kappa shape index (κ1) is 32.0. The molecule has 8 nitrogen and oxygen atoms in total. The summed E-state index contributed by atoms with van der Waals surface area (Å²) in [4.78, 5) is 30.4. The van der Waals surface area contributed by atoms with Gasteiger partial charge < -0.3 is 18.6 Å². The van der Waals surface area contributed by atoms with Gasteiger partial charge in [0.05, 0.1) is 6.61 Å². The van der Waals surface area contributed by atoms with Crippen LogP contribution in [0.25, 0.3) is 0 Å². The van der Waals surface area contributed by atoms with E-state index in [1.165, 1.54) is 12.1 Å². The molecule has 3 aliphatic rings. The first-order chi connectivity index (χ1) is 20.8. The van der Waals surface area contributed by atoms with Crippen molar-refractivity contribution in [3.05, 3.63) is 76.6 Å².